The lowest BCUT2D eigenvalue weighted by atomic mass is 10.0. The van der Waals surface area contributed by atoms with Crippen LogP contribution in [0, 0.1) is 0 Å². The SMILES string of the molecule is CCCCC/C=C\C/C=C\CCCCCCCCCC(=O)NC(COP(=O)(O)OCC[N+](C)(C)C)C(O)CCCCCCCCCCCCCCCCC. The largest absolute Gasteiger partial charge is 0.472 e. The Morgan fingerprint density at radius 1 is 0.630 bits per heavy atom. The van der Waals surface area contributed by atoms with E-state index in [1.165, 1.54) is 128 Å². The lowest BCUT2D eigenvalue weighted by Gasteiger charge is -2.26. The molecule has 1 amide bonds. The minimum atomic E-state index is -4.31. The van der Waals surface area contributed by atoms with Gasteiger partial charge in [0.25, 0.3) is 0 Å². The topological polar surface area (TPSA) is 105 Å². The zero-order chi connectivity index (χ0) is 40.0. The predicted octanol–water partition coefficient (Wildman–Crippen LogP) is 12.5. The number of phosphoric ester groups is 1. The number of hydrogen-bond acceptors (Lipinski definition) is 5. The van der Waals surface area contributed by atoms with Crippen LogP contribution in [0.25, 0.3) is 0 Å². The van der Waals surface area contributed by atoms with E-state index >= 15 is 0 Å². The molecule has 0 radical (unpaired) electrons. The zero-order valence-electron chi connectivity index (χ0n) is 36.2. The number of carbonyl (C=O) groups is 1. The van der Waals surface area contributed by atoms with Crippen molar-refractivity contribution in [2.24, 2.45) is 0 Å². The number of phosphoric acid groups is 1. The Kier molecular flexibility index (Phi) is 36.8. The fourth-order valence-electron chi connectivity index (χ4n) is 6.55. The number of hydrogen-bond donors (Lipinski definition) is 3. The van der Waals surface area contributed by atoms with Crippen LogP contribution < -0.4 is 5.32 Å². The van der Waals surface area contributed by atoms with Gasteiger partial charge in [-0.25, -0.2) is 4.57 Å². The third-order valence-electron chi connectivity index (χ3n) is 10.2. The fraction of sp³-hybridized carbons (Fsp3) is 0.889. The van der Waals surface area contributed by atoms with Gasteiger partial charge in [-0.2, -0.15) is 0 Å². The van der Waals surface area contributed by atoms with E-state index in [-0.39, 0.29) is 19.1 Å². The van der Waals surface area contributed by atoms with E-state index < -0.39 is 20.0 Å². The molecule has 0 aromatic carbocycles. The molecule has 3 unspecified atom stereocenters. The summed E-state index contributed by atoms with van der Waals surface area (Å²) >= 11 is 0. The third-order valence-corrected chi connectivity index (χ3v) is 11.2. The molecule has 0 aromatic heterocycles. The Labute approximate surface area is 334 Å². The van der Waals surface area contributed by atoms with E-state index in [0.717, 1.165) is 51.4 Å². The number of likely N-dealkylation sites (N-methyl/N-ethyl adjacent to an activating group) is 1. The summed E-state index contributed by atoms with van der Waals surface area (Å²) < 4.78 is 23.6. The number of unbranched alkanes of at least 4 members (excludes halogenated alkanes) is 24. The van der Waals surface area contributed by atoms with Crippen LogP contribution in [0.5, 0.6) is 0 Å². The predicted molar refractivity (Wildman–Crippen MR) is 231 cm³/mol. The first-order chi connectivity index (χ1) is 26.0. The van der Waals surface area contributed by atoms with Gasteiger partial charge in [0.15, 0.2) is 0 Å². The number of nitrogens with zero attached hydrogens (tertiary/aromatic N) is 1. The second kappa shape index (κ2) is 37.6. The zero-order valence-corrected chi connectivity index (χ0v) is 37.1. The second-order valence-electron chi connectivity index (χ2n) is 16.8. The number of amides is 1. The third kappa shape index (κ3) is 39.2. The van der Waals surface area contributed by atoms with Crippen molar-refractivity contribution in [3.05, 3.63) is 24.3 Å². The lowest BCUT2D eigenvalue weighted by molar-refractivity contribution is -0.870. The Hall–Kier alpha value is -1.02. The van der Waals surface area contributed by atoms with Crippen molar-refractivity contribution in [2.45, 2.75) is 219 Å². The van der Waals surface area contributed by atoms with Gasteiger partial charge in [0.2, 0.25) is 5.91 Å². The van der Waals surface area contributed by atoms with Crippen molar-refractivity contribution in [3.63, 3.8) is 0 Å². The van der Waals surface area contributed by atoms with E-state index in [2.05, 4.69) is 43.5 Å². The van der Waals surface area contributed by atoms with Crippen molar-refractivity contribution in [3.8, 4) is 0 Å². The van der Waals surface area contributed by atoms with E-state index in [4.69, 9.17) is 9.05 Å². The maximum absolute atomic E-state index is 12.9. The van der Waals surface area contributed by atoms with Crippen molar-refractivity contribution >= 4 is 13.7 Å². The quantitative estimate of drug-likeness (QED) is 0.0247. The van der Waals surface area contributed by atoms with Gasteiger partial charge in [-0.3, -0.25) is 13.8 Å². The van der Waals surface area contributed by atoms with Crippen LogP contribution in [0.1, 0.15) is 206 Å². The summed E-state index contributed by atoms with van der Waals surface area (Å²) in [5.74, 6) is -0.152. The molecule has 3 N–H and O–H groups in total. The van der Waals surface area contributed by atoms with Crippen LogP contribution in [0.4, 0.5) is 0 Å². The number of aliphatic hydroxyl groups excluding tert-OH is 1. The van der Waals surface area contributed by atoms with E-state index in [0.29, 0.717) is 23.9 Å². The summed E-state index contributed by atoms with van der Waals surface area (Å²) in [7, 11) is 1.61. The summed E-state index contributed by atoms with van der Waals surface area (Å²) in [4.78, 5) is 23.1. The maximum atomic E-state index is 12.9. The van der Waals surface area contributed by atoms with Gasteiger partial charge in [0, 0.05) is 6.42 Å². The molecule has 0 aromatic rings. The molecule has 0 heterocycles. The molecule has 0 rings (SSSR count). The van der Waals surface area contributed by atoms with Crippen LogP contribution >= 0.6 is 7.82 Å². The molecule has 0 bridgehead atoms. The monoisotopic (exact) mass is 786 g/mol. The van der Waals surface area contributed by atoms with Crippen LogP contribution in [-0.4, -0.2) is 73.4 Å². The summed E-state index contributed by atoms with van der Waals surface area (Å²) in [6.07, 6.45) is 43.4. The molecule has 320 valence electrons. The van der Waals surface area contributed by atoms with E-state index in [1.54, 1.807) is 0 Å². The molecular weight excluding hydrogens is 695 g/mol. The molecule has 9 heteroatoms. The van der Waals surface area contributed by atoms with E-state index in [9.17, 15) is 19.4 Å². The molecule has 8 nitrogen and oxygen atoms in total. The maximum Gasteiger partial charge on any atom is 0.472 e. The van der Waals surface area contributed by atoms with Crippen LogP contribution in [0.15, 0.2) is 24.3 Å². The van der Waals surface area contributed by atoms with Crippen LogP contribution in [-0.2, 0) is 18.4 Å². The van der Waals surface area contributed by atoms with Crippen molar-refractivity contribution in [1.29, 1.82) is 0 Å². The normalized spacial score (nSPS) is 14.6. The summed E-state index contributed by atoms with van der Waals surface area (Å²) in [6.45, 7) is 4.86. The minimum absolute atomic E-state index is 0.0736. The first-order valence-corrected chi connectivity index (χ1v) is 24.2. The lowest BCUT2D eigenvalue weighted by Crippen LogP contribution is -2.46. The highest BCUT2D eigenvalue weighted by Crippen LogP contribution is 2.43. The van der Waals surface area contributed by atoms with Crippen molar-refractivity contribution < 1.29 is 32.9 Å². The Balaban J connectivity index is 4.36. The van der Waals surface area contributed by atoms with Gasteiger partial charge in [0.05, 0.1) is 39.9 Å². The number of nitrogens with one attached hydrogen (secondary N) is 1. The summed E-state index contributed by atoms with van der Waals surface area (Å²) in [5, 5.41) is 14.0. The molecule has 0 saturated heterocycles. The number of aliphatic hydroxyl groups is 1. The number of allylic oxidation sites excluding steroid dienone is 4. The van der Waals surface area contributed by atoms with Crippen LogP contribution in [0.2, 0.25) is 0 Å². The Bertz CT molecular complexity index is 938. The Morgan fingerprint density at radius 3 is 1.56 bits per heavy atom. The molecular formula is C45H90N2O6P+. The van der Waals surface area contributed by atoms with Crippen molar-refractivity contribution in [2.75, 3.05) is 40.9 Å². The highest BCUT2D eigenvalue weighted by molar-refractivity contribution is 7.47. The molecule has 0 aliphatic carbocycles. The highest BCUT2D eigenvalue weighted by Gasteiger charge is 2.28. The van der Waals surface area contributed by atoms with Crippen LogP contribution in [0.3, 0.4) is 0 Å². The molecule has 3 atom stereocenters. The van der Waals surface area contributed by atoms with Gasteiger partial charge in [0.1, 0.15) is 13.2 Å². The molecule has 0 aliphatic rings. The molecule has 0 spiro atoms. The number of quaternary nitrogens is 1. The first kappa shape index (κ1) is 53.0. The number of carbonyl (C=O) groups excluding carboxylic acids is 1. The average Bonchev–Trinajstić information content (AvgIpc) is 3.12. The van der Waals surface area contributed by atoms with Gasteiger partial charge in [-0.05, 0) is 44.9 Å². The first-order valence-electron chi connectivity index (χ1n) is 22.7. The summed E-state index contributed by atoms with van der Waals surface area (Å²) in [5.41, 5.74) is 0. The van der Waals surface area contributed by atoms with Gasteiger partial charge < -0.3 is 19.8 Å². The van der Waals surface area contributed by atoms with Crippen molar-refractivity contribution in [1.82, 2.24) is 5.32 Å². The van der Waals surface area contributed by atoms with Gasteiger partial charge in [-0.1, -0.05) is 179 Å². The average molecular weight is 786 g/mol. The molecule has 54 heavy (non-hydrogen) atoms. The number of rotatable bonds is 41. The standard InChI is InChI=1S/C45H89N2O6P/c1-6-8-10-12-14-16-18-20-22-23-25-27-29-31-33-35-37-39-45(49)46-43(42-53-54(50,51)52-41-40-47(3,4)5)44(48)38-36-34-32-30-28-26-24-21-19-17-15-13-11-9-7-2/h14,16,20,22,43-44,48H,6-13,15,17-19,21,23-42H2,1-5H3,(H-,46,49,50,51)/p+1/b16-14-,22-20-. The minimum Gasteiger partial charge on any atom is -0.391 e. The molecule has 0 fully saturated rings. The molecule has 0 aliphatic heterocycles. The smallest absolute Gasteiger partial charge is 0.391 e. The van der Waals surface area contributed by atoms with E-state index in [1.807, 2.05) is 21.1 Å². The van der Waals surface area contributed by atoms with Gasteiger partial charge >= 0.3 is 7.82 Å². The molecule has 0 saturated carbocycles. The highest BCUT2D eigenvalue weighted by atomic mass is 31.2. The second-order valence-corrected chi connectivity index (χ2v) is 18.2. The van der Waals surface area contributed by atoms with Gasteiger partial charge in [-0.15, -0.1) is 0 Å². The Morgan fingerprint density at radius 2 is 1.06 bits per heavy atom. The fourth-order valence-corrected chi connectivity index (χ4v) is 7.28. The summed E-state index contributed by atoms with van der Waals surface area (Å²) in [6, 6.07) is -0.762.